The first kappa shape index (κ1) is 13.3. The van der Waals surface area contributed by atoms with Crippen molar-refractivity contribution in [2.45, 2.75) is 25.6 Å². The van der Waals surface area contributed by atoms with Crippen molar-refractivity contribution in [3.63, 3.8) is 0 Å². The first-order valence-corrected chi connectivity index (χ1v) is 6.24. The van der Waals surface area contributed by atoms with E-state index in [0.717, 1.165) is 19.4 Å². The second-order valence-electron chi connectivity index (χ2n) is 4.14. The van der Waals surface area contributed by atoms with Gasteiger partial charge in [-0.1, -0.05) is 11.6 Å². The molecular formula is C11H17ClN4O2. The van der Waals surface area contributed by atoms with Gasteiger partial charge in [0.2, 0.25) is 0 Å². The van der Waals surface area contributed by atoms with Crippen molar-refractivity contribution in [3.05, 3.63) is 11.0 Å². The van der Waals surface area contributed by atoms with Crippen LogP contribution in [0.1, 0.15) is 18.7 Å². The second kappa shape index (κ2) is 6.17. The summed E-state index contributed by atoms with van der Waals surface area (Å²) in [5, 5.41) is 3.40. The lowest BCUT2D eigenvalue weighted by atomic mass is 10.2. The van der Waals surface area contributed by atoms with E-state index in [1.807, 2.05) is 0 Å². The lowest BCUT2D eigenvalue weighted by Crippen LogP contribution is -2.20. The minimum absolute atomic E-state index is 0.212. The molecule has 0 aromatic carbocycles. The van der Waals surface area contributed by atoms with Crippen LogP contribution in [0.15, 0.2) is 0 Å². The maximum atomic E-state index is 5.95. The predicted molar refractivity (Wildman–Crippen MR) is 69.6 cm³/mol. The van der Waals surface area contributed by atoms with E-state index in [4.69, 9.17) is 26.8 Å². The smallest absolute Gasteiger partial charge is 0.158 e. The van der Waals surface area contributed by atoms with Gasteiger partial charge in [0.05, 0.1) is 6.10 Å². The molecule has 1 atom stereocenters. The van der Waals surface area contributed by atoms with E-state index in [1.54, 1.807) is 7.11 Å². The van der Waals surface area contributed by atoms with Crippen LogP contribution in [0, 0.1) is 0 Å². The lowest BCUT2D eigenvalue weighted by molar-refractivity contribution is 0.120. The first-order valence-electron chi connectivity index (χ1n) is 5.87. The molecule has 1 unspecified atom stereocenters. The highest BCUT2D eigenvalue weighted by molar-refractivity contribution is 6.32. The molecule has 0 bridgehead atoms. The Morgan fingerprint density at radius 1 is 1.56 bits per heavy atom. The molecule has 1 fully saturated rings. The highest BCUT2D eigenvalue weighted by Crippen LogP contribution is 2.24. The van der Waals surface area contributed by atoms with Crippen molar-refractivity contribution in [2.24, 2.45) is 0 Å². The van der Waals surface area contributed by atoms with Gasteiger partial charge in [0.15, 0.2) is 16.8 Å². The largest absolute Gasteiger partial charge is 0.393 e. The Bertz CT molecular complexity index is 410. The summed E-state index contributed by atoms with van der Waals surface area (Å²) in [6, 6.07) is 0. The number of nitrogens with one attached hydrogen (secondary N) is 1. The third-order valence-corrected chi connectivity index (χ3v) is 3.03. The summed E-state index contributed by atoms with van der Waals surface area (Å²) in [6.45, 7) is 1.79. The van der Waals surface area contributed by atoms with Gasteiger partial charge in [-0.15, -0.1) is 0 Å². The van der Waals surface area contributed by atoms with Crippen molar-refractivity contribution < 1.29 is 9.47 Å². The molecular weight excluding hydrogens is 256 g/mol. The third-order valence-electron chi connectivity index (χ3n) is 2.74. The molecule has 1 aromatic rings. The molecule has 2 heterocycles. The molecule has 3 N–H and O–H groups in total. The summed E-state index contributed by atoms with van der Waals surface area (Å²) in [6.07, 6.45) is 2.36. The van der Waals surface area contributed by atoms with Crippen molar-refractivity contribution in [3.8, 4) is 0 Å². The fourth-order valence-corrected chi connectivity index (χ4v) is 2.02. The zero-order valence-corrected chi connectivity index (χ0v) is 11.0. The summed E-state index contributed by atoms with van der Waals surface area (Å²) < 4.78 is 10.5. The van der Waals surface area contributed by atoms with Gasteiger partial charge < -0.3 is 20.5 Å². The number of nitrogens with two attached hydrogens (primary N) is 1. The number of nitrogens with zero attached hydrogens (tertiary/aromatic N) is 2. The molecule has 1 saturated heterocycles. The quantitative estimate of drug-likeness (QED) is 0.790. The molecule has 0 spiro atoms. The number of rotatable bonds is 5. The molecule has 1 aromatic heterocycles. The van der Waals surface area contributed by atoms with Crippen LogP contribution in [0.2, 0.25) is 5.15 Å². The Kier molecular flexibility index (Phi) is 4.57. The average molecular weight is 273 g/mol. The highest BCUT2D eigenvalue weighted by Gasteiger charge is 2.17. The number of anilines is 2. The fraction of sp³-hybridized carbons (Fsp3) is 0.636. The van der Waals surface area contributed by atoms with E-state index >= 15 is 0 Å². The average Bonchev–Trinajstić information content (AvgIpc) is 2.85. The van der Waals surface area contributed by atoms with E-state index in [0.29, 0.717) is 30.5 Å². The maximum Gasteiger partial charge on any atom is 0.158 e. The van der Waals surface area contributed by atoms with Crippen LogP contribution in [-0.2, 0) is 16.1 Å². The number of methoxy groups -OCH3 is 1. The molecule has 18 heavy (non-hydrogen) atoms. The van der Waals surface area contributed by atoms with E-state index in [2.05, 4.69) is 15.3 Å². The number of ether oxygens (including phenoxy) is 2. The highest BCUT2D eigenvalue weighted by atomic mass is 35.5. The van der Waals surface area contributed by atoms with Gasteiger partial charge in [-0.05, 0) is 12.8 Å². The minimum atomic E-state index is 0.212. The monoisotopic (exact) mass is 272 g/mol. The molecule has 0 radical (unpaired) electrons. The van der Waals surface area contributed by atoms with Gasteiger partial charge in [0.1, 0.15) is 12.3 Å². The Labute approximate surface area is 111 Å². The topological polar surface area (TPSA) is 82.3 Å². The van der Waals surface area contributed by atoms with Crippen molar-refractivity contribution in [1.29, 1.82) is 0 Å². The summed E-state index contributed by atoms with van der Waals surface area (Å²) in [4.78, 5) is 8.31. The van der Waals surface area contributed by atoms with E-state index in [9.17, 15) is 0 Å². The lowest BCUT2D eigenvalue weighted by Gasteiger charge is -2.14. The van der Waals surface area contributed by atoms with Crippen molar-refractivity contribution in [1.82, 2.24) is 9.97 Å². The first-order chi connectivity index (χ1) is 8.70. The molecule has 0 saturated carbocycles. The normalized spacial score (nSPS) is 19.1. The van der Waals surface area contributed by atoms with E-state index in [-0.39, 0.29) is 11.3 Å². The van der Waals surface area contributed by atoms with Crippen LogP contribution < -0.4 is 11.1 Å². The van der Waals surface area contributed by atoms with E-state index in [1.165, 1.54) is 0 Å². The molecule has 0 amide bonds. The maximum absolute atomic E-state index is 5.95. The van der Waals surface area contributed by atoms with Crippen LogP contribution in [0.5, 0.6) is 0 Å². The summed E-state index contributed by atoms with van der Waals surface area (Å²) in [7, 11) is 1.58. The van der Waals surface area contributed by atoms with Gasteiger partial charge in [0.25, 0.3) is 0 Å². The zero-order chi connectivity index (χ0) is 13.0. The Morgan fingerprint density at radius 3 is 3.06 bits per heavy atom. The van der Waals surface area contributed by atoms with Gasteiger partial charge >= 0.3 is 0 Å². The molecule has 1 aliphatic heterocycles. The Hall–Kier alpha value is -1.11. The van der Waals surface area contributed by atoms with Crippen LogP contribution in [0.3, 0.4) is 0 Å². The minimum Gasteiger partial charge on any atom is -0.393 e. The van der Waals surface area contributed by atoms with Crippen LogP contribution in [0.4, 0.5) is 11.5 Å². The number of hydrogen-bond acceptors (Lipinski definition) is 6. The van der Waals surface area contributed by atoms with Gasteiger partial charge in [-0.2, -0.15) is 0 Å². The number of halogens is 1. The molecule has 7 heteroatoms. The van der Waals surface area contributed by atoms with Crippen LogP contribution in [0.25, 0.3) is 0 Å². The fourth-order valence-electron chi connectivity index (χ4n) is 1.83. The number of nitrogen functional groups attached to an aromatic ring is 1. The number of hydrogen-bond donors (Lipinski definition) is 2. The standard InChI is InChI=1S/C11H17ClN4O2/c1-17-6-8-15-10(12)9(13)11(16-8)14-5-7-3-2-4-18-7/h7H,2-6,13H2,1H3,(H,14,15,16). The molecule has 2 rings (SSSR count). The summed E-state index contributed by atoms with van der Waals surface area (Å²) >= 11 is 5.95. The summed E-state index contributed by atoms with van der Waals surface area (Å²) in [5.41, 5.74) is 6.19. The number of aromatic nitrogens is 2. The van der Waals surface area contributed by atoms with Gasteiger partial charge in [-0.25, -0.2) is 9.97 Å². The predicted octanol–water partition coefficient (Wildman–Crippen LogP) is 1.45. The molecule has 1 aliphatic rings. The molecule has 100 valence electrons. The van der Waals surface area contributed by atoms with Gasteiger partial charge in [-0.3, -0.25) is 0 Å². The van der Waals surface area contributed by atoms with Crippen molar-refractivity contribution >= 4 is 23.1 Å². The van der Waals surface area contributed by atoms with E-state index < -0.39 is 0 Å². The summed E-state index contributed by atoms with van der Waals surface area (Å²) in [5.74, 6) is 1.05. The molecule has 0 aliphatic carbocycles. The second-order valence-corrected chi connectivity index (χ2v) is 4.50. The van der Waals surface area contributed by atoms with Gasteiger partial charge in [0, 0.05) is 20.3 Å². The SMILES string of the molecule is COCc1nc(Cl)c(N)c(NCC2CCCO2)n1. The van der Waals surface area contributed by atoms with Crippen LogP contribution >= 0.6 is 11.6 Å². The van der Waals surface area contributed by atoms with Crippen molar-refractivity contribution in [2.75, 3.05) is 31.3 Å². The van der Waals surface area contributed by atoms with Crippen LogP contribution in [-0.4, -0.2) is 36.3 Å². The Balaban J connectivity index is 2.05. The third kappa shape index (κ3) is 3.22. The zero-order valence-electron chi connectivity index (χ0n) is 10.3. The Morgan fingerprint density at radius 2 is 2.39 bits per heavy atom. The molecule has 6 nitrogen and oxygen atoms in total.